The van der Waals surface area contributed by atoms with Crippen LogP contribution in [0.4, 0.5) is 10.1 Å². The monoisotopic (exact) mass is 350 g/mol. The van der Waals surface area contributed by atoms with Crippen LogP contribution in [0, 0.1) is 5.82 Å². The maximum absolute atomic E-state index is 13.1. The molecule has 2 aromatic rings. The minimum atomic E-state index is -0.392. The van der Waals surface area contributed by atoms with Crippen molar-refractivity contribution in [2.24, 2.45) is 5.16 Å². The van der Waals surface area contributed by atoms with Crippen molar-refractivity contribution >= 4 is 50.6 Å². The molecule has 2 N–H and O–H groups in total. The van der Waals surface area contributed by atoms with Crippen LogP contribution in [0.2, 0.25) is 4.34 Å². The normalized spacial score (nSPS) is 11.6. The van der Waals surface area contributed by atoms with Gasteiger partial charge in [0.15, 0.2) is 11.5 Å². The Morgan fingerprint density at radius 3 is 2.89 bits per heavy atom. The van der Waals surface area contributed by atoms with Gasteiger partial charge >= 0.3 is 0 Å². The van der Waals surface area contributed by atoms with Gasteiger partial charge in [0.25, 0.3) is 0 Å². The molecule has 0 saturated heterocycles. The predicted molar refractivity (Wildman–Crippen MR) is 71.0 cm³/mol. The van der Waals surface area contributed by atoms with E-state index in [0.29, 0.717) is 5.69 Å². The molecule has 0 aliphatic carbocycles. The lowest BCUT2D eigenvalue weighted by molar-refractivity contribution is 0.319. The first-order chi connectivity index (χ1) is 8.61. The Labute approximate surface area is 119 Å². The molecule has 0 unspecified atom stereocenters. The summed E-state index contributed by atoms with van der Waals surface area (Å²) in [5.74, 6) is -0.358. The number of benzene rings is 1. The Morgan fingerprint density at radius 1 is 1.56 bits per heavy atom. The lowest BCUT2D eigenvalue weighted by Crippen LogP contribution is -2.14. The van der Waals surface area contributed by atoms with Crippen molar-refractivity contribution in [2.75, 3.05) is 5.32 Å². The lowest BCUT2D eigenvalue weighted by atomic mass is 10.3. The van der Waals surface area contributed by atoms with Gasteiger partial charge in [0, 0.05) is 17.2 Å². The van der Waals surface area contributed by atoms with Crippen molar-refractivity contribution in [1.82, 2.24) is 9.59 Å². The maximum atomic E-state index is 13.1. The number of rotatable bonds is 2. The number of halogens is 3. The van der Waals surface area contributed by atoms with Crippen molar-refractivity contribution in [3.8, 4) is 0 Å². The van der Waals surface area contributed by atoms with Crippen molar-refractivity contribution in [3.05, 3.63) is 38.5 Å². The Hall–Kier alpha value is -1.25. The topological polar surface area (TPSA) is 70.4 Å². The van der Waals surface area contributed by atoms with E-state index in [0.717, 1.165) is 11.5 Å². The second-order valence-electron chi connectivity index (χ2n) is 3.10. The molecule has 0 atom stereocenters. The highest BCUT2D eigenvalue weighted by molar-refractivity contribution is 9.10. The highest BCUT2D eigenvalue weighted by atomic mass is 79.9. The Bertz CT molecular complexity index is 606. The molecule has 5 nitrogen and oxygen atoms in total. The van der Waals surface area contributed by atoms with Crippen LogP contribution in [-0.4, -0.2) is 20.6 Å². The highest BCUT2D eigenvalue weighted by Gasteiger charge is 2.14. The third kappa shape index (κ3) is 2.77. The Morgan fingerprint density at radius 2 is 2.33 bits per heavy atom. The van der Waals surface area contributed by atoms with Gasteiger partial charge in [0.2, 0.25) is 0 Å². The van der Waals surface area contributed by atoms with Gasteiger partial charge in [-0.05, 0) is 34.1 Å². The fourth-order valence-electron chi connectivity index (χ4n) is 1.16. The zero-order chi connectivity index (χ0) is 13.1. The van der Waals surface area contributed by atoms with Crippen LogP contribution in [0.3, 0.4) is 0 Å². The summed E-state index contributed by atoms with van der Waals surface area (Å²) in [7, 11) is 0. The molecule has 0 spiro atoms. The van der Waals surface area contributed by atoms with Gasteiger partial charge in [0.1, 0.15) is 10.2 Å². The van der Waals surface area contributed by atoms with Gasteiger partial charge in [-0.2, -0.15) is 0 Å². The molecule has 1 heterocycles. The number of anilines is 1. The van der Waals surface area contributed by atoms with Gasteiger partial charge in [0.05, 0.1) is 4.47 Å². The summed E-state index contributed by atoms with van der Waals surface area (Å²) in [6.07, 6.45) is 0. The molecule has 0 fully saturated rings. The molecule has 9 heteroatoms. The molecule has 0 saturated carbocycles. The van der Waals surface area contributed by atoms with Crippen molar-refractivity contribution in [1.29, 1.82) is 0 Å². The summed E-state index contributed by atoms with van der Waals surface area (Å²) in [4.78, 5) is 0. The van der Waals surface area contributed by atoms with Crippen LogP contribution in [0.1, 0.15) is 5.69 Å². The molecule has 0 radical (unpaired) electrons. The second-order valence-corrected chi connectivity index (χ2v) is 5.31. The molecule has 0 aliphatic rings. The fourth-order valence-corrected chi connectivity index (χ4v) is 2.18. The van der Waals surface area contributed by atoms with E-state index in [9.17, 15) is 4.39 Å². The molecule has 18 heavy (non-hydrogen) atoms. The molecular formula is C9H5BrClFN4OS. The first kappa shape index (κ1) is 13.2. The van der Waals surface area contributed by atoms with Crippen LogP contribution < -0.4 is 5.32 Å². The number of nitrogens with zero attached hydrogens (tertiary/aromatic N) is 3. The number of nitrogens with one attached hydrogen (secondary N) is 1. The van der Waals surface area contributed by atoms with Gasteiger partial charge in [-0.25, -0.2) is 4.39 Å². The van der Waals surface area contributed by atoms with Crippen LogP contribution in [0.15, 0.2) is 27.8 Å². The smallest absolute Gasteiger partial charge is 0.200 e. The highest BCUT2D eigenvalue weighted by Crippen LogP contribution is 2.22. The molecule has 94 valence electrons. The van der Waals surface area contributed by atoms with E-state index in [1.165, 1.54) is 18.2 Å². The third-order valence-electron chi connectivity index (χ3n) is 1.95. The summed E-state index contributed by atoms with van der Waals surface area (Å²) in [6.45, 7) is 0. The third-order valence-corrected chi connectivity index (χ3v) is 3.47. The Balaban J connectivity index is 2.27. The largest absolute Gasteiger partial charge is 0.409 e. The Kier molecular flexibility index (Phi) is 4.10. The summed E-state index contributed by atoms with van der Waals surface area (Å²) >= 11 is 9.85. The van der Waals surface area contributed by atoms with E-state index in [4.69, 9.17) is 16.8 Å². The number of hydrogen-bond donors (Lipinski definition) is 2. The summed E-state index contributed by atoms with van der Waals surface area (Å²) < 4.78 is 17.3. The quantitative estimate of drug-likeness (QED) is 0.377. The van der Waals surface area contributed by atoms with E-state index < -0.39 is 5.82 Å². The second kappa shape index (κ2) is 5.59. The number of oxime groups is 1. The lowest BCUT2D eigenvalue weighted by Gasteiger charge is -2.06. The average molecular weight is 352 g/mol. The van der Waals surface area contributed by atoms with Gasteiger partial charge in [-0.1, -0.05) is 21.2 Å². The number of aromatic nitrogens is 2. The summed E-state index contributed by atoms with van der Waals surface area (Å²) in [6, 6.07) is 4.25. The molecule has 2 rings (SSSR count). The first-order valence-corrected chi connectivity index (χ1v) is 6.48. The van der Waals surface area contributed by atoms with Crippen LogP contribution >= 0.6 is 39.1 Å². The minimum Gasteiger partial charge on any atom is -0.409 e. The van der Waals surface area contributed by atoms with Crippen LogP contribution in [0.25, 0.3) is 0 Å². The van der Waals surface area contributed by atoms with E-state index in [1.54, 1.807) is 0 Å². The molecule has 0 amide bonds. The summed E-state index contributed by atoms with van der Waals surface area (Å²) in [5, 5.41) is 18.5. The molecule has 1 aromatic heterocycles. The SMILES string of the molecule is ON=C(Nc1ccc(F)c(Br)c1)c1nnsc1Cl. The first-order valence-electron chi connectivity index (χ1n) is 4.54. The molecule has 1 aromatic carbocycles. The number of hydrogen-bond acceptors (Lipinski definition) is 5. The van der Waals surface area contributed by atoms with E-state index >= 15 is 0 Å². The molecule has 0 bridgehead atoms. The van der Waals surface area contributed by atoms with E-state index in [2.05, 4.69) is 36.0 Å². The van der Waals surface area contributed by atoms with E-state index in [-0.39, 0.29) is 20.3 Å². The average Bonchev–Trinajstić information content (AvgIpc) is 2.77. The number of amidine groups is 1. The minimum absolute atomic E-state index is 0.0345. The van der Waals surface area contributed by atoms with Crippen molar-refractivity contribution in [3.63, 3.8) is 0 Å². The van der Waals surface area contributed by atoms with E-state index in [1.807, 2.05) is 0 Å². The fraction of sp³-hybridized carbons (Fsp3) is 0. The van der Waals surface area contributed by atoms with Crippen molar-refractivity contribution in [2.45, 2.75) is 0 Å². The maximum Gasteiger partial charge on any atom is 0.200 e. The van der Waals surface area contributed by atoms with Gasteiger partial charge in [-0.3, -0.25) is 0 Å². The van der Waals surface area contributed by atoms with Crippen LogP contribution in [0.5, 0.6) is 0 Å². The van der Waals surface area contributed by atoms with Crippen molar-refractivity contribution < 1.29 is 9.60 Å². The zero-order valence-corrected chi connectivity index (χ0v) is 11.7. The molecule has 0 aliphatic heterocycles. The van der Waals surface area contributed by atoms with Gasteiger partial charge < -0.3 is 10.5 Å². The molecular weight excluding hydrogens is 347 g/mol. The predicted octanol–water partition coefficient (Wildman–Crippen LogP) is 3.34. The summed E-state index contributed by atoms with van der Waals surface area (Å²) in [5.41, 5.74) is 0.741. The standard InChI is InChI=1S/C9H5BrClFN4OS/c10-5-3-4(1-2-6(5)12)13-9(15-17)7-8(11)18-16-14-7/h1-3,17H,(H,13,15). The van der Waals surface area contributed by atoms with Gasteiger partial charge in [-0.15, -0.1) is 5.10 Å². The van der Waals surface area contributed by atoms with Crippen LogP contribution in [-0.2, 0) is 0 Å². The zero-order valence-electron chi connectivity index (χ0n) is 8.56.